The molecule has 1 aromatic heterocycles. The van der Waals surface area contributed by atoms with Crippen LogP contribution in [0.5, 0.6) is 0 Å². The second-order valence-electron chi connectivity index (χ2n) is 14.1. The fraction of sp³-hybridized carbons (Fsp3) is 0.415. The molecule has 5 N–H and O–H groups in total. The lowest BCUT2D eigenvalue weighted by molar-refractivity contribution is -0.141. The molecule has 0 aliphatic carbocycles. The molecular formula is C41H50N6O8. The molecule has 2 aliphatic rings. The van der Waals surface area contributed by atoms with Gasteiger partial charge in [-0.05, 0) is 61.4 Å². The largest absolute Gasteiger partial charge is 0.469 e. The number of carbonyl (C=O) groups is 6. The molecule has 3 aromatic rings. The lowest BCUT2D eigenvalue weighted by Gasteiger charge is -2.42. The van der Waals surface area contributed by atoms with E-state index in [1.54, 1.807) is 41.3 Å². The van der Waals surface area contributed by atoms with Gasteiger partial charge in [-0.1, -0.05) is 54.1 Å². The summed E-state index contributed by atoms with van der Waals surface area (Å²) in [5.74, 6) is -2.21. The molecular weight excluding hydrogens is 704 g/mol. The summed E-state index contributed by atoms with van der Waals surface area (Å²) in [6, 6.07) is 16.4. The fourth-order valence-corrected chi connectivity index (χ4v) is 6.92. The van der Waals surface area contributed by atoms with Crippen LogP contribution in [0.15, 0.2) is 83.5 Å². The zero-order valence-corrected chi connectivity index (χ0v) is 31.4. The summed E-state index contributed by atoms with van der Waals surface area (Å²) in [5, 5.41) is 14.2. The van der Waals surface area contributed by atoms with Crippen molar-refractivity contribution in [1.82, 2.24) is 31.5 Å². The Labute approximate surface area is 320 Å². The number of ether oxygens (including phenoxy) is 1. The number of nitrogens with one attached hydrogen (secondary N) is 5. The zero-order chi connectivity index (χ0) is 39.2. The minimum atomic E-state index is -1.09. The van der Waals surface area contributed by atoms with Gasteiger partial charge in [0, 0.05) is 58.4 Å². The zero-order valence-electron chi connectivity index (χ0n) is 31.4. The number of hydrogen-bond acceptors (Lipinski definition) is 8. The van der Waals surface area contributed by atoms with Crippen LogP contribution in [0.1, 0.15) is 47.3 Å². The Balaban J connectivity index is 1.46. The second-order valence-corrected chi connectivity index (χ2v) is 14.1. The van der Waals surface area contributed by atoms with E-state index in [1.807, 2.05) is 31.2 Å². The quantitative estimate of drug-likeness (QED) is 0.215. The maximum absolute atomic E-state index is 14.6. The smallest absolute Gasteiger partial charge is 0.246 e. The predicted octanol–water partition coefficient (Wildman–Crippen LogP) is 1.65. The Morgan fingerprint density at radius 3 is 2.49 bits per heavy atom. The molecule has 0 spiro atoms. The molecule has 3 heterocycles. The highest BCUT2D eigenvalue weighted by atomic mass is 16.5. The van der Waals surface area contributed by atoms with Crippen molar-refractivity contribution in [3.63, 3.8) is 0 Å². The molecule has 0 unspecified atom stereocenters. The van der Waals surface area contributed by atoms with Crippen LogP contribution in [0.3, 0.4) is 0 Å². The molecule has 55 heavy (non-hydrogen) atoms. The first-order valence-corrected chi connectivity index (χ1v) is 18.6. The molecule has 3 atom stereocenters. The van der Waals surface area contributed by atoms with E-state index in [1.165, 1.54) is 19.4 Å². The van der Waals surface area contributed by atoms with Gasteiger partial charge in [0.05, 0.1) is 24.7 Å². The van der Waals surface area contributed by atoms with Crippen molar-refractivity contribution < 1.29 is 37.9 Å². The predicted molar refractivity (Wildman–Crippen MR) is 203 cm³/mol. The Kier molecular flexibility index (Phi) is 14.4. The maximum atomic E-state index is 14.6. The van der Waals surface area contributed by atoms with Crippen LogP contribution in [0.4, 0.5) is 0 Å². The standard InChI is InChI=1S/C41H50N6O8/c1-28-10-12-29(13-11-28)25-41-17-6-20-47(27-41)37(50)15-14-35(48)42-18-16-33(38(51)43-19-22-54-2)45-36(49)23-30-7-3-4-8-31(30)26-44-39(52)34(46-40(41)53)24-32-9-5-21-55-32/h3-5,7-15,21,33-34H,6,16-20,22-27H2,1-2H3,(H,42,48)(H,43,51)(H,44,52)(H,45,49)(H,46,53)/b15-14+/t33-,34-,41+/m0/s1. The van der Waals surface area contributed by atoms with Crippen molar-refractivity contribution in [3.8, 4) is 0 Å². The van der Waals surface area contributed by atoms with Crippen molar-refractivity contribution in [2.45, 2.75) is 64.1 Å². The molecule has 14 heteroatoms. The number of hydrogen-bond donors (Lipinski definition) is 5. The summed E-state index contributed by atoms with van der Waals surface area (Å²) in [5.41, 5.74) is 2.19. The van der Waals surface area contributed by atoms with Gasteiger partial charge in [-0.15, -0.1) is 0 Å². The molecule has 2 aromatic carbocycles. The number of carbonyl (C=O) groups excluding carboxylic acids is 6. The summed E-state index contributed by atoms with van der Waals surface area (Å²) in [7, 11) is 1.51. The Hall–Kier alpha value is -5.76. The topological polar surface area (TPSA) is 188 Å². The summed E-state index contributed by atoms with van der Waals surface area (Å²) in [6.07, 6.45) is 5.16. The summed E-state index contributed by atoms with van der Waals surface area (Å²) < 4.78 is 10.6. The van der Waals surface area contributed by atoms with E-state index < -0.39 is 47.0 Å². The van der Waals surface area contributed by atoms with Crippen LogP contribution in [-0.4, -0.2) is 92.3 Å². The van der Waals surface area contributed by atoms with E-state index in [0.717, 1.165) is 17.2 Å². The normalized spacial score (nSPS) is 22.4. The lowest BCUT2D eigenvalue weighted by atomic mass is 9.74. The number of aryl methyl sites for hydroxylation is 1. The molecule has 0 radical (unpaired) electrons. The number of benzene rings is 2. The van der Waals surface area contributed by atoms with Gasteiger partial charge in [0.25, 0.3) is 0 Å². The van der Waals surface area contributed by atoms with Crippen molar-refractivity contribution in [3.05, 3.63) is 107 Å². The first kappa shape index (κ1) is 40.4. The van der Waals surface area contributed by atoms with E-state index in [2.05, 4.69) is 26.6 Å². The number of methoxy groups -OCH3 is 1. The van der Waals surface area contributed by atoms with Crippen LogP contribution < -0.4 is 26.6 Å². The minimum Gasteiger partial charge on any atom is -0.469 e. The van der Waals surface area contributed by atoms with Crippen molar-refractivity contribution in [2.75, 3.05) is 39.9 Å². The number of furan rings is 1. The number of fused-ring (bicyclic) bond motifs is 3. The molecule has 0 saturated carbocycles. The number of rotatable bonds is 8. The van der Waals surface area contributed by atoms with Gasteiger partial charge in [-0.25, -0.2) is 0 Å². The average Bonchev–Trinajstić information content (AvgIpc) is 3.70. The molecule has 5 rings (SSSR count). The lowest BCUT2D eigenvalue weighted by Crippen LogP contribution is -2.58. The molecule has 14 nitrogen and oxygen atoms in total. The highest BCUT2D eigenvalue weighted by Crippen LogP contribution is 2.35. The molecule has 2 aliphatic heterocycles. The van der Waals surface area contributed by atoms with E-state index in [9.17, 15) is 28.8 Å². The second kappa shape index (κ2) is 19.5. The third kappa shape index (κ3) is 11.6. The SMILES string of the molecule is COCCNC(=O)[C@@H]1CCNC(=O)/C=C/C(=O)N2CCC[C@@](Cc3ccc(C)cc3)(C2)C(=O)N[C@@H](Cc2ccco2)C(=O)NCc2ccccc2CC(=O)N1. The molecule has 2 bridgehead atoms. The molecule has 6 amide bonds. The van der Waals surface area contributed by atoms with E-state index in [4.69, 9.17) is 9.15 Å². The van der Waals surface area contributed by atoms with Crippen LogP contribution in [0.2, 0.25) is 0 Å². The van der Waals surface area contributed by atoms with Gasteiger partial charge >= 0.3 is 0 Å². The number of amides is 6. The van der Waals surface area contributed by atoms with Crippen LogP contribution in [0, 0.1) is 12.3 Å². The van der Waals surface area contributed by atoms with Crippen LogP contribution >= 0.6 is 0 Å². The van der Waals surface area contributed by atoms with Gasteiger partial charge in [0.2, 0.25) is 35.4 Å². The highest BCUT2D eigenvalue weighted by Gasteiger charge is 2.44. The van der Waals surface area contributed by atoms with Gasteiger partial charge in [0.1, 0.15) is 17.8 Å². The van der Waals surface area contributed by atoms with E-state index in [-0.39, 0.29) is 58.0 Å². The summed E-state index contributed by atoms with van der Waals surface area (Å²) >= 11 is 0. The number of nitrogens with zero attached hydrogens (tertiary/aromatic N) is 1. The molecule has 292 valence electrons. The summed E-state index contributed by atoms with van der Waals surface area (Å²) in [4.78, 5) is 82.9. The van der Waals surface area contributed by atoms with Gasteiger partial charge in [-0.2, -0.15) is 0 Å². The third-order valence-corrected chi connectivity index (χ3v) is 9.93. The van der Waals surface area contributed by atoms with Crippen molar-refractivity contribution in [1.29, 1.82) is 0 Å². The Morgan fingerprint density at radius 2 is 1.75 bits per heavy atom. The molecule has 1 saturated heterocycles. The maximum Gasteiger partial charge on any atom is 0.246 e. The van der Waals surface area contributed by atoms with Gasteiger partial charge in [-0.3, -0.25) is 28.8 Å². The first-order chi connectivity index (χ1) is 26.5. The Morgan fingerprint density at radius 1 is 0.964 bits per heavy atom. The number of piperidine rings is 1. The molecule has 1 fully saturated rings. The van der Waals surface area contributed by atoms with Gasteiger partial charge < -0.3 is 40.6 Å². The van der Waals surface area contributed by atoms with Crippen molar-refractivity contribution in [2.24, 2.45) is 5.41 Å². The van der Waals surface area contributed by atoms with Crippen LogP contribution in [-0.2, 0) is 59.3 Å². The van der Waals surface area contributed by atoms with Gasteiger partial charge in [0.15, 0.2) is 0 Å². The fourth-order valence-electron chi connectivity index (χ4n) is 6.92. The van der Waals surface area contributed by atoms with E-state index >= 15 is 0 Å². The van der Waals surface area contributed by atoms with Crippen LogP contribution in [0.25, 0.3) is 0 Å². The third-order valence-electron chi connectivity index (χ3n) is 9.93. The Bertz CT molecular complexity index is 1840. The van der Waals surface area contributed by atoms with Crippen molar-refractivity contribution >= 4 is 35.4 Å². The summed E-state index contributed by atoms with van der Waals surface area (Å²) in [6.45, 7) is 3.02. The van der Waals surface area contributed by atoms with E-state index in [0.29, 0.717) is 42.7 Å². The highest BCUT2D eigenvalue weighted by molar-refractivity contribution is 5.97. The average molecular weight is 755 g/mol. The first-order valence-electron chi connectivity index (χ1n) is 18.6. The minimum absolute atomic E-state index is 0.0331. The monoisotopic (exact) mass is 754 g/mol.